The molecule has 3 aliphatic rings. The molecule has 9 heteroatoms. The van der Waals surface area contributed by atoms with Crippen LogP contribution >= 0.6 is 11.6 Å². The lowest BCUT2D eigenvalue weighted by Crippen LogP contribution is -2.52. The number of amides is 3. The van der Waals surface area contributed by atoms with Gasteiger partial charge in [0.2, 0.25) is 11.8 Å². The molecule has 3 amide bonds. The monoisotopic (exact) mass is 470 g/mol. The molecule has 3 fully saturated rings. The summed E-state index contributed by atoms with van der Waals surface area (Å²) >= 11 is 6.25. The second kappa shape index (κ2) is 7.87. The SMILES string of the molecule is CC1(C)[C@@H]2[C@@H](C(=O)N[C@H](C=O)C[C@@H]3CCNC3=O)N(C(=O)c3cc4cccc(Cl)c4[nH]3)C[C@@H]21. The van der Waals surface area contributed by atoms with Crippen LogP contribution in [0.5, 0.6) is 0 Å². The van der Waals surface area contributed by atoms with Crippen LogP contribution in [0.4, 0.5) is 0 Å². The van der Waals surface area contributed by atoms with Gasteiger partial charge in [-0.1, -0.05) is 37.6 Å². The van der Waals surface area contributed by atoms with Crippen molar-refractivity contribution in [2.75, 3.05) is 13.1 Å². The second-order valence-corrected chi connectivity index (χ2v) is 10.4. The normalized spacial score (nSPS) is 28.3. The highest BCUT2D eigenvalue weighted by Gasteiger charge is 2.69. The average Bonchev–Trinajstić information content (AvgIpc) is 3.30. The molecule has 0 bridgehead atoms. The van der Waals surface area contributed by atoms with E-state index in [1.165, 1.54) is 0 Å². The number of fused-ring (bicyclic) bond motifs is 2. The summed E-state index contributed by atoms with van der Waals surface area (Å²) in [5, 5.41) is 6.91. The van der Waals surface area contributed by atoms with E-state index in [0.29, 0.717) is 42.0 Å². The van der Waals surface area contributed by atoms with Crippen LogP contribution in [0.2, 0.25) is 5.02 Å². The third-order valence-electron chi connectivity index (χ3n) is 7.77. The zero-order chi connectivity index (χ0) is 23.5. The Hall–Kier alpha value is -2.87. The second-order valence-electron chi connectivity index (χ2n) is 10.0. The van der Waals surface area contributed by atoms with Crippen LogP contribution in [0.25, 0.3) is 10.9 Å². The van der Waals surface area contributed by atoms with Crippen molar-refractivity contribution in [2.45, 2.75) is 38.8 Å². The van der Waals surface area contributed by atoms with E-state index in [4.69, 9.17) is 11.6 Å². The molecule has 1 saturated carbocycles. The number of piperidine rings is 1. The topological polar surface area (TPSA) is 111 Å². The number of aldehydes is 1. The van der Waals surface area contributed by atoms with Gasteiger partial charge in [0.05, 0.1) is 16.6 Å². The van der Waals surface area contributed by atoms with Crippen molar-refractivity contribution in [1.82, 2.24) is 20.5 Å². The number of nitrogens with zero attached hydrogens (tertiary/aromatic N) is 1. The Bertz CT molecular complexity index is 1160. The van der Waals surface area contributed by atoms with Gasteiger partial charge in [0, 0.05) is 24.4 Å². The van der Waals surface area contributed by atoms with Crippen LogP contribution in [0.3, 0.4) is 0 Å². The molecule has 174 valence electrons. The van der Waals surface area contributed by atoms with Crippen molar-refractivity contribution < 1.29 is 19.2 Å². The quantitative estimate of drug-likeness (QED) is 0.561. The van der Waals surface area contributed by atoms with Crippen molar-refractivity contribution in [3.63, 3.8) is 0 Å². The third kappa shape index (κ3) is 3.60. The first-order chi connectivity index (χ1) is 15.7. The van der Waals surface area contributed by atoms with E-state index >= 15 is 0 Å². The number of carbonyl (C=O) groups excluding carboxylic acids is 4. The van der Waals surface area contributed by atoms with E-state index in [0.717, 1.165) is 5.39 Å². The molecule has 5 rings (SSSR count). The number of nitrogens with one attached hydrogen (secondary N) is 3. The fourth-order valence-corrected chi connectivity index (χ4v) is 6.01. The molecule has 33 heavy (non-hydrogen) atoms. The maximum atomic E-state index is 13.4. The largest absolute Gasteiger partial charge is 0.356 e. The highest BCUT2D eigenvalue weighted by molar-refractivity contribution is 6.35. The summed E-state index contributed by atoms with van der Waals surface area (Å²) in [5.74, 6) is -0.732. The fraction of sp³-hybridized carbons (Fsp3) is 0.500. The Balaban J connectivity index is 1.37. The molecule has 2 saturated heterocycles. The molecule has 2 aliphatic heterocycles. The lowest BCUT2D eigenvalue weighted by Gasteiger charge is -2.30. The molecular formula is C24H27ClN4O4. The first kappa shape index (κ1) is 21.9. The molecule has 1 aliphatic carbocycles. The van der Waals surface area contributed by atoms with Crippen LogP contribution in [-0.2, 0) is 14.4 Å². The summed E-state index contributed by atoms with van der Waals surface area (Å²) in [6.07, 6.45) is 1.59. The van der Waals surface area contributed by atoms with Crippen molar-refractivity contribution in [2.24, 2.45) is 23.2 Å². The maximum Gasteiger partial charge on any atom is 0.271 e. The van der Waals surface area contributed by atoms with Gasteiger partial charge in [-0.15, -0.1) is 0 Å². The number of rotatable bonds is 6. The number of halogens is 1. The minimum atomic E-state index is -0.768. The zero-order valence-electron chi connectivity index (χ0n) is 18.6. The number of hydrogen-bond donors (Lipinski definition) is 3. The van der Waals surface area contributed by atoms with Crippen LogP contribution in [0, 0.1) is 23.2 Å². The minimum absolute atomic E-state index is 0.0245. The highest BCUT2D eigenvalue weighted by atomic mass is 35.5. The Morgan fingerprint density at radius 3 is 2.82 bits per heavy atom. The van der Waals surface area contributed by atoms with Crippen molar-refractivity contribution in [1.29, 1.82) is 0 Å². The minimum Gasteiger partial charge on any atom is -0.356 e. The Kier molecular flexibility index (Phi) is 5.23. The molecule has 2 aromatic rings. The van der Waals surface area contributed by atoms with Gasteiger partial charge in [-0.05, 0) is 42.2 Å². The predicted molar refractivity (Wildman–Crippen MR) is 123 cm³/mol. The first-order valence-electron chi connectivity index (χ1n) is 11.3. The number of H-pyrrole nitrogens is 1. The van der Waals surface area contributed by atoms with Crippen LogP contribution in [0.1, 0.15) is 37.2 Å². The smallest absolute Gasteiger partial charge is 0.271 e. The molecule has 0 radical (unpaired) electrons. The summed E-state index contributed by atoms with van der Waals surface area (Å²) < 4.78 is 0. The number of aromatic nitrogens is 1. The fourth-order valence-electron chi connectivity index (χ4n) is 5.78. The van der Waals surface area contributed by atoms with Crippen LogP contribution in [0.15, 0.2) is 24.3 Å². The van der Waals surface area contributed by atoms with Gasteiger partial charge in [0.25, 0.3) is 5.91 Å². The molecule has 1 aromatic heterocycles. The van der Waals surface area contributed by atoms with E-state index in [2.05, 4.69) is 29.5 Å². The van der Waals surface area contributed by atoms with Crippen molar-refractivity contribution >= 4 is 46.5 Å². The van der Waals surface area contributed by atoms with E-state index in [1.807, 2.05) is 12.1 Å². The summed E-state index contributed by atoms with van der Waals surface area (Å²) in [5.41, 5.74) is 1.01. The van der Waals surface area contributed by atoms with Crippen LogP contribution in [-0.4, -0.2) is 59.1 Å². The molecule has 0 spiro atoms. The summed E-state index contributed by atoms with van der Waals surface area (Å²) in [6.45, 7) is 5.27. The molecule has 3 heterocycles. The van der Waals surface area contributed by atoms with E-state index < -0.39 is 12.1 Å². The average molecular weight is 471 g/mol. The molecular weight excluding hydrogens is 444 g/mol. The molecule has 3 N–H and O–H groups in total. The summed E-state index contributed by atoms with van der Waals surface area (Å²) in [7, 11) is 0. The van der Waals surface area contributed by atoms with E-state index in [-0.39, 0.29) is 47.3 Å². The standard InChI is InChI=1S/C24H27ClN4O4/c1-24(2)15-10-29(23(33)17-9-12-4-3-5-16(25)19(12)28-17)20(18(15)24)22(32)27-14(11-30)8-13-6-7-26-21(13)31/h3-5,9,11,13-15,18,20,28H,6-8,10H2,1-2H3,(H,26,31)(H,27,32)/t13-,14-,15-,18-,20-/m0/s1. The van der Waals surface area contributed by atoms with Gasteiger partial charge in [-0.25, -0.2) is 0 Å². The van der Waals surface area contributed by atoms with Gasteiger partial charge >= 0.3 is 0 Å². The van der Waals surface area contributed by atoms with Crippen molar-refractivity contribution in [3.05, 3.63) is 35.0 Å². The number of hydrogen-bond acceptors (Lipinski definition) is 4. The molecule has 5 atom stereocenters. The van der Waals surface area contributed by atoms with Gasteiger partial charge in [0.1, 0.15) is 18.0 Å². The summed E-state index contributed by atoms with van der Waals surface area (Å²) in [6, 6.07) is 5.76. The molecule has 0 unspecified atom stereocenters. The maximum absolute atomic E-state index is 13.4. The number of aromatic amines is 1. The number of likely N-dealkylation sites (tertiary alicyclic amines) is 1. The number of benzene rings is 1. The van der Waals surface area contributed by atoms with Gasteiger partial charge in [0.15, 0.2) is 0 Å². The van der Waals surface area contributed by atoms with Gasteiger partial charge in [-0.3, -0.25) is 14.4 Å². The lowest BCUT2D eigenvalue weighted by atomic mass is 9.97. The molecule has 8 nitrogen and oxygen atoms in total. The number of para-hydroxylation sites is 1. The Labute approximate surface area is 196 Å². The van der Waals surface area contributed by atoms with Crippen molar-refractivity contribution in [3.8, 4) is 0 Å². The lowest BCUT2D eigenvalue weighted by molar-refractivity contribution is -0.129. The third-order valence-corrected chi connectivity index (χ3v) is 8.08. The van der Waals surface area contributed by atoms with Gasteiger partial charge < -0.3 is 25.3 Å². The van der Waals surface area contributed by atoms with E-state index in [1.54, 1.807) is 17.0 Å². The highest BCUT2D eigenvalue weighted by Crippen LogP contribution is 2.65. The molecule has 1 aromatic carbocycles. The Morgan fingerprint density at radius 2 is 2.15 bits per heavy atom. The van der Waals surface area contributed by atoms with Crippen LogP contribution < -0.4 is 10.6 Å². The predicted octanol–water partition coefficient (Wildman–Crippen LogP) is 2.13. The number of carbonyl (C=O) groups is 4. The Morgan fingerprint density at radius 1 is 1.36 bits per heavy atom. The first-order valence-corrected chi connectivity index (χ1v) is 11.7. The van der Waals surface area contributed by atoms with E-state index in [9.17, 15) is 19.2 Å². The van der Waals surface area contributed by atoms with Gasteiger partial charge in [-0.2, -0.15) is 0 Å². The zero-order valence-corrected chi connectivity index (χ0v) is 19.3. The summed E-state index contributed by atoms with van der Waals surface area (Å²) in [4.78, 5) is 55.1.